The van der Waals surface area contributed by atoms with Gasteiger partial charge in [-0.15, -0.1) is 0 Å². The highest BCUT2D eigenvalue weighted by Gasteiger charge is 2.33. The number of piperidine rings is 2. The van der Waals surface area contributed by atoms with Crippen LogP contribution in [0.5, 0.6) is 0 Å². The minimum Gasteiger partial charge on any atom is -0.395 e. The molecule has 0 unspecified atom stereocenters. The fourth-order valence-electron chi connectivity index (χ4n) is 5.29. The van der Waals surface area contributed by atoms with Gasteiger partial charge >= 0.3 is 0 Å². The van der Waals surface area contributed by atoms with Gasteiger partial charge in [-0.05, 0) is 75.0 Å². The van der Waals surface area contributed by atoms with E-state index >= 15 is 0 Å². The Labute approximate surface area is 229 Å². The highest BCUT2D eigenvalue weighted by atomic mass is 16.6. The number of anilines is 1. The largest absolute Gasteiger partial charge is 0.395 e. The molecule has 2 aliphatic heterocycles. The predicted octanol–water partition coefficient (Wildman–Crippen LogP) is 1.35. The van der Waals surface area contributed by atoms with Crippen LogP contribution < -0.4 is 11.1 Å². The number of nitrogens with zero attached hydrogens (tertiary/aromatic N) is 5. The zero-order valence-electron chi connectivity index (χ0n) is 22.6. The van der Waals surface area contributed by atoms with Crippen molar-refractivity contribution in [3.63, 3.8) is 0 Å². The van der Waals surface area contributed by atoms with Crippen molar-refractivity contribution in [1.82, 2.24) is 25.1 Å². The average Bonchev–Trinajstić information content (AvgIpc) is 2.95. The maximum atomic E-state index is 13.3. The van der Waals surface area contributed by atoms with Gasteiger partial charge in [-0.1, -0.05) is 11.2 Å². The van der Waals surface area contributed by atoms with Gasteiger partial charge in [0.1, 0.15) is 11.5 Å². The third kappa shape index (κ3) is 7.96. The summed E-state index contributed by atoms with van der Waals surface area (Å²) in [5, 5.41) is 15.8. The number of aliphatic hydroxyl groups is 1. The Morgan fingerprint density at radius 2 is 1.85 bits per heavy atom. The van der Waals surface area contributed by atoms with Gasteiger partial charge in [0.2, 0.25) is 5.91 Å². The van der Waals surface area contributed by atoms with E-state index in [2.05, 4.69) is 25.3 Å². The summed E-state index contributed by atoms with van der Waals surface area (Å²) in [6.45, 7) is 5.67. The summed E-state index contributed by atoms with van der Waals surface area (Å²) in [6.07, 6.45) is 6.67. The van der Waals surface area contributed by atoms with Crippen LogP contribution in [-0.4, -0.2) is 88.3 Å². The molecule has 0 saturated carbocycles. The standard InChI is InChI=1S/C28H39N7O4/c1-20-3-2-9-32-26(20)27(33-39-19-25(37)31-11-16-36)22-7-14-35(15-8-22)28(38)23-5-12-34(13-6-23)18-21-4-10-30-24(29)17-21/h2-4,9-10,17,22-23,36H,5-8,11-16,18-19H2,1H3,(H2,29,30)(H,31,37)/b33-27+. The molecule has 0 aromatic carbocycles. The van der Waals surface area contributed by atoms with E-state index in [4.69, 9.17) is 15.7 Å². The number of carbonyl (C=O) groups is 2. The first-order valence-electron chi connectivity index (χ1n) is 13.7. The number of carbonyl (C=O) groups excluding carboxylic acids is 2. The summed E-state index contributed by atoms with van der Waals surface area (Å²) < 4.78 is 0. The molecule has 4 N–H and O–H groups in total. The lowest BCUT2D eigenvalue weighted by Crippen LogP contribution is -2.46. The summed E-state index contributed by atoms with van der Waals surface area (Å²) in [5.41, 5.74) is 9.39. The van der Waals surface area contributed by atoms with Gasteiger partial charge in [-0.25, -0.2) is 4.98 Å². The van der Waals surface area contributed by atoms with Gasteiger partial charge in [-0.3, -0.25) is 19.5 Å². The Hall–Kier alpha value is -3.57. The maximum absolute atomic E-state index is 13.3. The number of nitrogens with one attached hydrogen (secondary N) is 1. The van der Waals surface area contributed by atoms with E-state index in [-0.39, 0.29) is 43.4 Å². The van der Waals surface area contributed by atoms with E-state index in [1.807, 2.05) is 36.1 Å². The topological polar surface area (TPSA) is 146 Å². The maximum Gasteiger partial charge on any atom is 0.260 e. The van der Waals surface area contributed by atoms with Gasteiger partial charge in [-0.2, -0.15) is 0 Å². The Bertz CT molecular complexity index is 1140. The zero-order valence-corrected chi connectivity index (χ0v) is 22.6. The molecule has 2 aromatic heterocycles. The number of likely N-dealkylation sites (tertiary alicyclic amines) is 2. The van der Waals surface area contributed by atoms with Crippen LogP contribution in [0.25, 0.3) is 0 Å². The third-order valence-electron chi connectivity index (χ3n) is 7.43. The van der Waals surface area contributed by atoms with E-state index in [1.165, 1.54) is 0 Å². The van der Waals surface area contributed by atoms with Crippen molar-refractivity contribution in [2.45, 2.75) is 39.2 Å². The zero-order chi connectivity index (χ0) is 27.6. The quantitative estimate of drug-likeness (QED) is 0.304. The normalized spacial score (nSPS) is 17.7. The number of rotatable bonds is 10. The lowest BCUT2D eigenvalue weighted by atomic mass is 9.87. The molecule has 0 bridgehead atoms. The molecule has 2 aromatic rings. The number of hydrogen-bond donors (Lipinski definition) is 3. The fourth-order valence-corrected chi connectivity index (χ4v) is 5.29. The molecule has 0 aliphatic carbocycles. The number of aryl methyl sites for hydroxylation is 1. The molecule has 11 nitrogen and oxygen atoms in total. The van der Waals surface area contributed by atoms with Crippen LogP contribution >= 0.6 is 0 Å². The van der Waals surface area contributed by atoms with Crippen molar-refractivity contribution in [3.05, 3.63) is 53.5 Å². The molecular formula is C28H39N7O4. The number of hydrogen-bond acceptors (Lipinski definition) is 9. The molecule has 210 valence electrons. The van der Waals surface area contributed by atoms with Gasteiger partial charge < -0.3 is 25.9 Å². The first-order chi connectivity index (χ1) is 18.9. The van der Waals surface area contributed by atoms with Crippen molar-refractivity contribution in [2.75, 3.05) is 51.7 Å². The summed E-state index contributed by atoms with van der Waals surface area (Å²) in [4.78, 5) is 43.6. The predicted molar refractivity (Wildman–Crippen MR) is 148 cm³/mol. The van der Waals surface area contributed by atoms with Crippen molar-refractivity contribution in [1.29, 1.82) is 0 Å². The second-order valence-corrected chi connectivity index (χ2v) is 10.2. The monoisotopic (exact) mass is 537 g/mol. The molecular weight excluding hydrogens is 498 g/mol. The molecule has 11 heteroatoms. The molecule has 2 amide bonds. The van der Waals surface area contributed by atoms with E-state index in [1.54, 1.807) is 12.4 Å². The van der Waals surface area contributed by atoms with Crippen LogP contribution in [0.1, 0.15) is 42.5 Å². The summed E-state index contributed by atoms with van der Waals surface area (Å²) >= 11 is 0. The molecule has 39 heavy (non-hydrogen) atoms. The minimum absolute atomic E-state index is 0.0484. The summed E-state index contributed by atoms with van der Waals surface area (Å²) in [6, 6.07) is 7.74. The molecule has 4 heterocycles. The molecule has 2 aliphatic rings. The Morgan fingerprint density at radius 1 is 1.10 bits per heavy atom. The minimum atomic E-state index is -0.346. The van der Waals surface area contributed by atoms with Crippen LogP contribution in [0.15, 0.2) is 41.8 Å². The lowest BCUT2D eigenvalue weighted by Gasteiger charge is -2.37. The summed E-state index contributed by atoms with van der Waals surface area (Å²) in [5.74, 6) is 0.541. The first-order valence-corrected chi connectivity index (χ1v) is 13.7. The van der Waals surface area contributed by atoms with Gasteiger partial charge in [0.25, 0.3) is 5.91 Å². The van der Waals surface area contributed by atoms with Crippen LogP contribution in [0.2, 0.25) is 0 Å². The van der Waals surface area contributed by atoms with Crippen molar-refractivity contribution < 1.29 is 19.5 Å². The highest BCUT2D eigenvalue weighted by Crippen LogP contribution is 2.27. The molecule has 0 atom stereocenters. The van der Waals surface area contributed by atoms with Gasteiger partial charge in [0, 0.05) is 50.4 Å². The molecule has 2 fully saturated rings. The number of nitrogens with two attached hydrogens (primary N) is 1. The lowest BCUT2D eigenvalue weighted by molar-refractivity contribution is -0.138. The molecule has 4 rings (SSSR count). The molecule has 2 saturated heterocycles. The number of nitrogen functional groups attached to an aromatic ring is 1. The number of pyridine rings is 2. The van der Waals surface area contributed by atoms with Crippen molar-refractivity contribution in [3.8, 4) is 0 Å². The highest BCUT2D eigenvalue weighted by molar-refractivity contribution is 6.01. The smallest absolute Gasteiger partial charge is 0.260 e. The van der Waals surface area contributed by atoms with Gasteiger partial charge in [0.15, 0.2) is 6.61 Å². The van der Waals surface area contributed by atoms with Crippen molar-refractivity contribution in [2.24, 2.45) is 17.0 Å². The first kappa shape index (κ1) is 28.4. The average molecular weight is 538 g/mol. The molecule has 0 spiro atoms. The van der Waals surface area contributed by atoms with Crippen LogP contribution in [0.4, 0.5) is 5.82 Å². The third-order valence-corrected chi connectivity index (χ3v) is 7.43. The van der Waals surface area contributed by atoms with E-state index < -0.39 is 0 Å². The second-order valence-electron chi connectivity index (χ2n) is 10.2. The van der Waals surface area contributed by atoms with Gasteiger partial charge in [0.05, 0.1) is 12.3 Å². The Balaban J connectivity index is 1.30. The number of aromatic nitrogens is 2. The summed E-state index contributed by atoms with van der Waals surface area (Å²) in [7, 11) is 0. The molecule has 0 radical (unpaired) electrons. The van der Waals surface area contributed by atoms with E-state index in [9.17, 15) is 9.59 Å². The fraction of sp³-hybridized carbons (Fsp3) is 0.536. The second kappa shape index (κ2) is 14.0. The van der Waals surface area contributed by atoms with E-state index in [0.717, 1.165) is 62.1 Å². The van der Waals surface area contributed by atoms with Crippen LogP contribution in [0.3, 0.4) is 0 Å². The Morgan fingerprint density at radius 3 is 2.54 bits per heavy atom. The Kier molecular flexibility index (Phi) is 10.2. The number of aliphatic hydroxyl groups excluding tert-OH is 1. The van der Waals surface area contributed by atoms with Crippen LogP contribution in [0, 0.1) is 18.8 Å². The number of amides is 2. The van der Waals surface area contributed by atoms with Crippen LogP contribution in [-0.2, 0) is 21.0 Å². The van der Waals surface area contributed by atoms with E-state index in [0.29, 0.717) is 24.6 Å². The SMILES string of the molecule is Cc1cccnc1/C(=N/OCC(=O)NCCO)C1CCN(C(=O)C2CCN(Cc3ccnc(N)c3)CC2)CC1. The van der Waals surface area contributed by atoms with Crippen molar-refractivity contribution >= 4 is 23.3 Å². The number of oxime groups is 1.